The summed E-state index contributed by atoms with van der Waals surface area (Å²) in [6.07, 6.45) is 0.958. The molecule has 0 saturated heterocycles. The van der Waals surface area contributed by atoms with Gasteiger partial charge in [-0.2, -0.15) is 0 Å². The highest BCUT2D eigenvalue weighted by molar-refractivity contribution is 7.10. The average molecular weight is 291 g/mol. The van der Waals surface area contributed by atoms with E-state index in [-0.39, 0.29) is 5.84 Å². The average Bonchev–Trinajstić information content (AvgIpc) is 2.93. The molecule has 4 nitrogen and oxygen atoms in total. The van der Waals surface area contributed by atoms with Crippen LogP contribution in [0.3, 0.4) is 0 Å². The van der Waals surface area contributed by atoms with Gasteiger partial charge in [-0.1, -0.05) is 5.16 Å². The Morgan fingerprint density at radius 3 is 3.05 bits per heavy atom. The first-order valence-corrected chi connectivity index (χ1v) is 7.14. The summed E-state index contributed by atoms with van der Waals surface area (Å²) in [4.78, 5) is 3.52. The lowest BCUT2D eigenvalue weighted by molar-refractivity contribution is 0.318. The second kappa shape index (κ2) is 5.13. The molecular weight excluding hydrogens is 277 g/mol. The van der Waals surface area contributed by atoms with Crippen LogP contribution < -0.4 is 10.6 Å². The molecule has 0 fully saturated rings. The molecule has 1 aromatic carbocycles. The number of hydrogen-bond donors (Lipinski definition) is 2. The molecule has 3 rings (SSSR count). The molecule has 6 heteroatoms. The Balaban J connectivity index is 1.99. The maximum atomic E-state index is 13.4. The molecule has 0 aliphatic carbocycles. The normalized spacial score (nSPS) is 15.2. The van der Waals surface area contributed by atoms with Crippen molar-refractivity contribution >= 4 is 22.9 Å². The number of thiophene rings is 1. The van der Waals surface area contributed by atoms with Gasteiger partial charge < -0.3 is 15.8 Å². The Hall–Kier alpha value is -2.08. The molecular formula is C14H14FN3OS. The lowest BCUT2D eigenvalue weighted by Gasteiger charge is -2.30. The first kappa shape index (κ1) is 12.9. The van der Waals surface area contributed by atoms with E-state index >= 15 is 0 Å². The van der Waals surface area contributed by atoms with E-state index in [0.29, 0.717) is 5.56 Å². The van der Waals surface area contributed by atoms with Crippen LogP contribution in [0.2, 0.25) is 0 Å². The van der Waals surface area contributed by atoms with E-state index in [4.69, 9.17) is 10.9 Å². The van der Waals surface area contributed by atoms with Gasteiger partial charge in [-0.25, -0.2) is 4.39 Å². The summed E-state index contributed by atoms with van der Waals surface area (Å²) >= 11 is 1.76. The number of benzene rings is 1. The highest BCUT2D eigenvalue weighted by atomic mass is 32.1. The van der Waals surface area contributed by atoms with Crippen molar-refractivity contribution in [3.8, 4) is 0 Å². The van der Waals surface area contributed by atoms with Gasteiger partial charge in [0.05, 0.1) is 0 Å². The molecule has 0 radical (unpaired) electrons. The lowest BCUT2D eigenvalue weighted by Crippen LogP contribution is -2.31. The lowest BCUT2D eigenvalue weighted by atomic mass is 10.1. The fourth-order valence-corrected chi connectivity index (χ4v) is 3.39. The Kier molecular flexibility index (Phi) is 3.31. The van der Waals surface area contributed by atoms with Crippen molar-refractivity contribution in [3.05, 3.63) is 51.5 Å². The molecule has 0 amide bonds. The summed E-state index contributed by atoms with van der Waals surface area (Å²) in [5.41, 5.74) is 8.15. The number of halogens is 1. The van der Waals surface area contributed by atoms with Gasteiger partial charge in [0.15, 0.2) is 5.84 Å². The van der Waals surface area contributed by atoms with Gasteiger partial charge in [0.2, 0.25) is 0 Å². The predicted octanol–water partition coefficient (Wildman–Crippen LogP) is 2.54. The summed E-state index contributed by atoms with van der Waals surface area (Å²) in [6.45, 7) is 1.60. The fourth-order valence-electron chi connectivity index (χ4n) is 2.50. The first-order chi connectivity index (χ1) is 9.69. The van der Waals surface area contributed by atoms with Crippen molar-refractivity contribution in [2.24, 2.45) is 10.9 Å². The van der Waals surface area contributed by atoms with Crippen LogP contribution in [-0.4, -0.2) is 17.6 Å². The largest absolute Gasteiger partial charge is 0.409 e. The summed E-state index contributed by atoms with van der Waals surface area (Å²) in [5.74, 6) is -0.473. The van der Waals surface area contributed by atoms with Crippen LogP contribution >= 0.6 is 11.3 Å². The van der Waals surface area contributed by atoms with Gasteiger partial charge >= 0.3 is 0 Å². The van der Waals surface area contributed by atoms with E-state index in [1.165, 1.54) is 22.6 Å². The standard InChI is InChI=1S/C14H14FN3OS/c15-10-1-2-12(11(7-10)14(16)17-19)18-5-3-13-9(8-18)4-6-20-13/h1-2,4,6-7,19H,3,5,8H2,(H2,16,17). The minimum absolute atomic E-state index is 0.0735. The number of fused-ring (bicyclic) bond motifs is 1. The van der Waals surface area contributed by atoms with Crippen molar-refractivity contribution in [1.82, 2.24) is 0 Å². The van der Waals surface area contributed by atoms with Crippen LogP contribution in [0.5, 0.6) is 0 Å². The van der Waals surface area contributed by atoms with E-state index in [1.54, 1.807) is 17.4 Å². The molecule has 20 heavy (non-hydrogen) atoms. The van der Waals surface area contributed by atoms with Crippen LogP contribution in [0, 0.1) is 5.82 Å². The molecule has 0 bridgehead atoms. The third kappa shape index (κ3) is 2.22. The van der Waals surface area contributed by atoms with Gasteiger partial charge in [-0.15, -0.1) is 11.3 Å². The first-order valence-electron chi connectivity index (χ1n) is 6.26. The van der Waals surface area contributed by atoms with Gasteiger partial charge in [-0.3, -0.25) is 0 Å². The zero-order valence-electron chi connectivity index (χ0n) is 10.7. The summed E-state index contributed by atoms with van der Waals surface area (Å²) < 4.78 is 13.4. The minimum atomic E-state index is -0.399. The zero-order chi connectivity index (χ0) is 14.1. The highest BCUT2D eigenvalue weighted by Gasteiger charge is 2.21. The Labute approximate surface area is 119 Å². The van der Waals surface area contributed by atoms with Crippen LogP contribution in [0.1, 0.15) is 16.0 Å². The molecule has 0 atom stereocenters. The summed E-state index contributed by atoms with van der Waals surface area (Å²) in [6, 6.07) is 6.49. The molecule has 2 heterocycles. The monoisotopic (exact) mass is 291 g/mol. The summed E-state index contributed by atoms with van der Waals surface area (Å²) in [5, 5.41) is 13.9. The molecule has 0 spiro atoms. The zero-order valence-corrected chi connectivity index (χ0v) is 11.5. The van der Waals surface area contributed by atoms with Crippen LogP contribution in [0.25, 0.3) is 0 Å². The Bertz CT molecular complexity index is 668. The molecule has 1 aliphatic rings. The number of nitrogens with two attached hydrogens (primary N) is 1. The van der Waals surface area contributed by atoms with Crippen LogP contribution in [-0.2, 0) is 13.0 Å². The van der Waals surface area contributed by atoms with Crippen molar-refractivity contribution in [1.29, 1.82) is 0 Å². The molecule has 3 N–H and O–H groups in total. The SMILES string of the molecule is NC(=NO)c1cc(F)ccc1N1CCc2sccc2C1. The second-order valence-electron chi connectivity index (χ2n) is 4.69. The van der Waals surface area contributed by atoms with E-state index in [1.807, 2.05) is 0 Å². The Morgan fingerprint density at radius 2 is 2.25 bits per heavy atom. The van der Waals surface area contributed by atoms with Crippen molar-refractivity contribution in [2.75, 3.05) is 11.4 Å². The highest BCUT2D eigenvalue weighted by Crippen LogP contribution is 2.30. The molecule has 0 saturated carbocycles. The predicted molar refractivity (Wildman–Crippen MR) is 78.0 cm³/mol. The minimum Gasteiger partial charge on any atom is -0.409 e. The quantitative estimate of drug-likeness (QED) is 0.387. The summed E-state index contributed by atoms with van der Waals surface area (Å²) in [7, 11) is 0. The van der Waals surface area contributed by atoms with E-state index in [0.717, 1.165) is 25.2 Å². The number of oxime groups is 1. The molecule has 104 valence electrons. The second-order valence-corrected chi connectivity index (χ2v) is 5.69. The molecule has 0 unspecified atom stereocenters. The third-order valence-electron chi connectivity index (χ3n) is 3.49. The smallest absolute Gasteiger partial charge is 0.172 e. The Morgan fingerprint density at radius 1 is 1.40 bits per heavy atom. The number of rotatable bonds is 2. The topological polar surface area (TPSA) is 61.9 Å². The van der Waals surface area contributed by atoms with E-state index < -0.39 is 5.82 Å². The van der Waals surface area contributed by atoms with Crippen molar-refractivity contribution in [2.45, 2.75) is 13.0 Å². The van der Waals surface area contributed by atoms with Crippen LogP contribution in [0.4, 0.5) is 10.1 Å². The van der Waals surface area contributed by atoms with E-state index in [9.17, 15) is 4.39 Å². The third-order valence-corrected chi connectivity index (χ3v) is 4.51. The fraction of sp³-hybridized carbons (Fsp3) is 0.214. The van der Waals surface area contributed by atoms with Crippen LogP contribution in [0.15, 0.2) is 34.8 Å². The molecule has 2 aromatic rings. The van der Waals surface area contributed by atoms with Gasteiger partial charge in [0.1, 0.15) is 5.82 Å². The van der Waals surface area contributed by atoms with Gasteiger partial charge in [0, 0.05) is 29.2 Å². The number of amidine groups is 1. The van der Waals surface area contributed by atoms with Crippen molar-refractivity contribution in [3.63, 3.8) is 0 Å². The number of nitrogens with zero attached hydrogens (tertiary/aromatic N) is 2. The van der Waals surface area contributed by atoms with Crippen molar-refractivity contribution < 1.29 is 9.60 Å². The van der Waals surface area contributed by atoms with Gasteiger partial charge in [-0.05, 0) is 41.6 Å². The maximum absolute atomic E-state index is 13.4. The van der Waals surface area contributed by atoms with E-state index in [2.05, 4.69) is 21.5 Å². The molecule has 1 aromatic heterocycles. The maximum Gasteiger partial charge on any atom is 0.172 e. The van der Waals surface area contributed by atoms with Gasteiger partial charge in [0.25, 0.3) is 0 Å². The number of hydrogen-bond acceptors (Lipinski definition) is 4. The number of anilines is 1. The molecule has 1 aliphatic heterocycles.